The van der Waals surface area contributed by atoms with Crippen molar-refractivity contribution in [3.63, 3.8) is 0 Å². The van der Waals surface area contributed by atoms with E-state index in [0.717, 1.165) is 13.0 Å². The highest BCUT2D eigenvalue weighted by Crippen LogP contribution is 2.19. The number of hydrogen-bond acceptors (Lipinski definition) is 3. The molecule has 0 rings (SSSR count). The summed E-state index contributed by atoms with van der Waals surface area (Å²) in [5.41, 5.74) is 5.82. The molecule has 0 aliphatic carbocycles. The van der Waals surface area contributed by atoms with Gasteiger partial charge in [-0.1, -0.05) is 13.8 Å². The van der Waals surface area contributed by atoms with Crippen LogP contribution in [-0.4, -0.2) is 32.3 Å². The summed E-state index contributed by atoms with van der Waals surface area (Å²) in [6.07, 6.45) is 1.08. The summed E-state index contributed by atoms with van der Waals surface area (Å²) in [5.74, 6) is 0. The average molecular weight is 160 g/mol. The standard InChI is InChI=1S/C8H20N2O/c1-5-8(2,6-9)7-10(3)11-4/h5-7,9H2,1-4H3. The second-order valence-electron chi connectivity index (χ2n) is 3.34. The van der Waals surface area contributed by atoms with Gasteiger partial charge >= 0.3 is 0 Å². The lowest BCUT2D eigenvalue weighted by Crippen LogP contribution is -2.38. The van der Waals surface area contributed by atoms with Crippen LogP contribution in [0.3, 0.4) is 0 Å². The Labute approximate surface area is 69.5 Å². The molecule has 0 bridgehead atoms. The predicted octanol–water partition coefficient (Wildman–Crippen LogP) is 0.855. The van der Waals surface area contributed by atoms with Crippen LogP contribution in [0.5, 0.6) is 0 Å². The van der Waals surface area contributed by atoms with E-state index in [1.54, 1.807) is 7.11 Å². The van der Waals surface area contributed by atoms with Gasteiger partial charge in [0, 0.05) is 13.6 Å². The first kappa shape index (κ1) is 10.9. The van der Waals surface area contributed by atoms with E-state index >= 15 is 0 Å². The highest BCUT2D eigenvalue weighted by Gasteiger charge is 2.21. The van der Waals surface area contributed by atoms with Crippen molar-refractivity contribution in [2.45, 2.75) is 20.3 Å². The Kier molecular flexibility index (Phi) is 4.65. The molecular weight excluding hydrogens is 140 g/mol. The third-order valence-electron chi connectivity index (χ3n) is 2.26. The molecule has 0 spiro atoms. The number of hydrogen-bond donors (Lipinski definition) is 1. The van der Waals surface area contributed by atoms with Crippen LogP contribution >= 0.6 is 0 Å². The first-order valence-electron chi connectivity index (χ1n) is 4.03. The fourth-order valence-electron chi connectivity index (χ4n) is 0.923. The molecule has 1 unspecified atom stereocenters. The number of nitrogens with two attached hydrogens (primary N) is 1. The highest BCUT2D eigenvalue weighted by atomic mass is 16.7. The summed E-state index contributed by atoms with van der Waals surface area (Å²) in [4.78, 5) is 5.03. The molecule has 0 saturated heterocycles. The Morgan fingerprint density at radius 1 is 1.55 bits per heavy atom. The fraction of sp³-hybridized carbons (Fsp3) is 1.00. The monoisotopic (exact) mass is 160 g/mol. The molecule has 0 aliphatic rings. The normalized spacial score (nSPS) is 16.9. The van der Waals surface area contributed by atoms with Gasteiger partial charge in [0.25, 0.3) is 0 Å². The zero-order chi connectivity index (χ0) is 8.91. The van der Waals surface area contributed by atoms with Gasteiger partial charge in [-0.3, -0.25) is 0 Å². The number of nitrogens with zero attached hydrogens (tertiary/aromatic N) is 1. The zero-order valence-corrected chi connectivity index (χ0v) is 8.05. The molecule has 3 heteroatoms. The molecule has 3 nitrogen and oxygen atoms in total. The molecule has 0 amide bonds. The molecule has 0 heterocycles. The Balaban J connectivity index is 3.86. The van der Waals surface area contributed by atoms with Crippen LogP contribution in [0.15, 0.2) is 0 Å². The van der Waals surface area contributed by atoms with Crippen molar-refractivity contribution in [2.75, 3.05) is 27.2 Å². The van der Waals surface area contributed by atoms with E-state index in [9.17, 15) is 0 Å². The van der Waals surface area contributed by atoms with Crippen molar-refractivity contribution in [2.24, 2.45) is 11.1 Å². The van der Waals surface area contributed by atoms with E-state index in [-0.39, 0.29) is 5.41 Å². The molecule has 1 atom stereocenters. The Bertz CT molecular complexity index is 102. The third kappa shape index (κ3) is 3.70. The van der Waals surface area contributed by atoms with Crippen LogP contribution in [0.1, 0.15) is 20.3 Å². The number of rotatable bonds is 5. The van der Waals surface area contributed by atoms with Crippen LogP contribution in [0.2, 0.25) is 0 Å². The molecule has 0 aromatic rings. The minimum absolute atomic E-state index is 0.185. The molecule has 68 valence electrons. The van der Waals surface area contributed by atoms with Crippen LogP contribution in [0.4, 0.5) is 0 Å². The molecule has 0 saturated carbocycles. The maximum Gasteiger partial charge on any atom is 0.0575 e. The van der Waals surface area contributed by atoms with Gasteiger partial charge in [-0.25, -0.2) is 0 Å². The Morgan fingerprint density at radius 3 is 2.36 bits per heavy atom. The van der Waals surface area contributed by atoms with Gasteiger partial charge in [0.15, 0.2) is 0 Å². The van der Waals surface area contributed by atoms with Crippen molar-refractivity contribution in [3.8, 4) is 0 Å². The maximum atomic E-state index is 5.64. The van der Waals surface area contributed by atoms with Gasteiger partial charge in [0.1, 0.15) is 0 Å². The Morgan fingerprint density at radius 2 is 2.09 bits per heavy atom. The van der Waals surface area contributed by atoms with Crippen molar-refractivity contribution in [1.82, 2.24) is 5.06 Å². The summed E-state index contributed by atoms with van der Waals surface area (Å²) in [6.45, 7) is 5.91. The predicted molar refractivity (Wildman–Crippen MR) is 47.1 cm³/mol. The quantitative estimate of drug-likeness (QED) is 0.606. The van der Waals surface area contributed by atoms with Crippen molar-refractivity contribution in [3.05, 3.63) is 0 Å². The van der Waals surface area contributed by atoms with Gasteiger partial charge in [0.05, 0.1) is 7.11 Å². The lowest BCUT2D eigenvalue weighted by Gasteiger charge is -2.30. The lowest BCUT2D eigenvalue weighted by atomic mass is 9.88. The van der Waals surface area contributed by atoms with Gasteiger partial charge < -0.3 is 10.6 Å². The average Bonchev–Trinajstić information content (AvgIpc) is 2.04. The van der Waals surface area contributed by atoms with Crippen molar-refractivity contribution < 1.29 is 4.84 Å². The maximum absolute atomic E-state index is 5.64. The van der Waals surface area contributed by atoms with Crippen LogP contribution in [0.25, 0.3) is 0 Å². The summed E-state index contributed by atoms with van der Waals surface area (Å²) in [5, 5.41) is 1.82. The second kappa shape index (κ2) is 4.70. The van der Waals surface area contributed by atoms with Crippen LogP contribution < -0.4 is 5.73 Å². The lowest BCUT2D eigenvalue weighted by molar-refractivity contribution is -0.129. The molecule has 2 N–H and O–H groups in total. The largest absolute Gasteiger partial charge is 0.330 e. The van der Waals surface area contributed by atoms with E-state index < -0.39 is 0 Å². The Hall–Kier alpha value is -0.120. The molecule has 0 aromatic carbocycles. The van der Waals surface area contributed by atoms with Gasteiger partial charge in [-0.05, 0) is 18.4 Å². The molecule has 0 aromatic heterocycles. The van der Waals surface area contributed by atoms with Crippen LogP contribution in [0, 0.1) is 5.41 Å². The zero-order valence-electron chi connectivity index (χ0n) is 8.05. The minimum atomic E-state index is 0.185. The highest BCUT2D eigenvalue weighted by molar-refractivity contribution is 4.74. The van der Waals surface area contributed by atoms with Gasteiger partial charge in [0.2, 0.25) is 0 Å². The molecule has 11 heavy (non-hydrogen) atoms. The number of hydroxylamine groups is 2. The molecular formula is C8H20N2O. The van der Waals surface area contributed by atoms with E-state index in [4.69, 9.17) is 10.6 Å². The summed E-state index contributed by atoms with van der Waals surface area (Å²) < 4.78 is 0. The van der Waals surface area contributed by atoms with E-state index in [2.05, 4.69) is 13.8 Å². The topological polar surface area (TPSA) is 38.5 Å². The molecule has 0 radical (unpaired) electrons. The minimum Gasteiger partial charge on any atom is -0.330 e. The first-order valence-corrected chi connectivity index (χ1v) is 4.03. The third-order valence-corrected chi connectivity index (χ3v) is 2.26. The van der Waals surface area contributed by atoms with E-state index in [0.29, 0.717) is 6.54 Å². The summed E-state index contributed by atoms with van der Waals surface area (Å²) in [6, 6.07) is 0. The first-order chi connectivity index (χ1) is 5.08. The van der Waals surface area contributed by atoms with E-state index in [1.165, 1.54) is 0 Å². The second-order valence-corrected chi connectivity index (χ2v) is 3.34. The molecule has 0 aliphatic heterocycles. The van der Waals surface area contributed by atoms with Crippen molar-refractivity contribution in [1.29, 1.82) is 0 Å². The van der Waals surface area contributed by atoms with Crippen LogP contribution in [-0.2, 0) is 4.84 Å². The molecule has 0 fully saturated rings. The summed E-state index contributed by atoms with van der Waals surface area (Å²) >= 11 is 0. The van der Waals surface area contributed by atoms with Gasteiger partial charge in [-0.15, -0.1) is 0 Å². The fourth-order valence-corrected chi connectivity index (χ4v) is 0.923. The van der Waals surface area contributed by atoms with E-state index in [1.807, 2.05) is 12.1 Å². The summed E-state index contributed by atoms with van der Waals surface area (Å²) in [7, 11) is 3.59. The van der Waals surface area contributed by atoms with Crippen molar-refractivity contribution >= 4 is 0 Å². The SMILES string of the molecule is CCC(C)(CN)CN(C)OC. The van der Waals surface area contributed by atoms with Gasteiger partial charge in [-0.2, -0.15) is 5.06 Å². The smallest absolute Gasteiger partial charge is 0.0575 e.